The number of hydrogen-bond donors (Lipinski definition) is 1. The highest BCUT2D eigenvalue weighted by Gasteiger charge is 2.37. The van der Waals surface area contributed by atoms with E-state index in [9.17, 15) is 18.4 Å². The van der Waals surface area contributed by atoms with Crippen LogP contribution in [0, 0.1) is 17.6 Å². The summed E-state index contributed by atoms with van der Waals surface area (Å²) in [6, 6.07) is 3.37. The molecular weight excluding hydrogens is 266 g/mol. The normalized spacial score (nSPS) is 18.8. The molecule has 0 spiro atoms. The van der Waals surface area contributed by atoms with E-state index in [4.69, 9.17) is 0 Å². The van der Waals surface area contributed by atoms with Gasteiger partial charge in [-0.1, -0.05) is 6.07 Å². The van der Waals surface area contributed by atoms with Crippen molar-refractivity contribution in [3.8, 4) is 0 Å². The van der Waals surface area contributed by atoms with Gasteiger partial charge in [0.25, 0.3) is 0 Å². The molecule has 0 bridgehead atoms. The smallest absolute Gasteiger partial charge is 0.228 e. The zero-order valence-electron chi connectivity index (χ0n) is 11.3. The zero-order chi connectivity index (χ0) is 14.9. The fourth-order valence-corrected chi connectivity index (χ4v) is 2.25. The largest absolute Gasteiger partial charge is 0.354 e. The molecule has 1 N–H and O–H groups in total. The van der Waals surface area contributed by atoms with Crippen LogP contribution in [0.3, 0.4) is 0 Å². The number of carbonyl (C=O) groups is 2. The molecule has 1 aromatic carbocycles. The number of rotatable bonds is 3. The van der Waals surface area contributed by atoms with Gasteiger partial charge in [-0.2, -0.15) is 0 Å². The van der Waals surface area contributed by atoms with Gasteiger partial charge in [0.05, 0.1) is 5.92 Å². The van der Waals surface area contributed by atoms with E-state index in [2.05, 4.69) is 5.32 Å². The number of anilines is 1. The first-order valence-corrected chi connectivity index (χ1v) is 6.45. The second kappa shape index (κ2) is 5.56. The third kappa shape index (κ3) is 2.79. The summed E-state index contributed by atoms with van der Waals surface area (Å²) in [5, 5.41) is 2.70. The van der Waals surface area contributed by atoms with Crippen molar-refractivity contribution in [3.05, 3.63) is 29.8 Å². The maximum Gasteiger partial charge on any atom is 0.228 e. The molecule has 6 heteroatoms. The van der Waals surface area contributed by atoms with Crippen molar-refractivity contribution < 1.29 is 18.4 Å². The first kappa shape index (κ1) is 14.4. The Labute approximate surface area is 115 Å². The number of para-hydroxylation sites is 1. The molecule has 4 nitrogen and oxygen atoms in total. The van der Waals surface area contributed by atoms with Crippen LogP contribution in [0.15, 0.2) is 18.2 Å². The van der Waals surface area contributed by atoms with Crippen molar-refractivity contribution >= 4 is 17.5 Å². The average Bonchev–Trinajstić information content (AvgIpc) is 2.71. The maximum absolute atomic E-state index is 13.7. The molecular formula is C14H16F2N2O2. The molecule has 1 aliphatic heterocycles. The molecule has 1 fully saturated rings. The summed E-state index contributed by atoms with van der Waals surface area (Å²) in [6.07, 6.45) is -0.0354. The topological polar surface area (TPSA) is 49.4 Å². The van der Waals surface area contributed by atoms with E-state index in [1.54, 1.807) is 0 Å². The summed E-state index contributed by atoms with van der Waals surface area (Å²) in [5.41, 5.74) is -0.377. The van der Waals surface area contributed by atoms with Crippen LogP contribution in [0.25, 0.3) is 0 Å². The van der Waals surface area contributed by atoms with Gasteiger partial charge in [0.1, 0.15) is 17.3 Å². The van der Waals surface area contributed by atoms with E-state index in [0.717, 1.165) is 17.0 Å². The maximum atomic E-state index is 13.7. The Balaban J connectivity index is 2.20. The molecule has 108 valence electrons. The highest BCUT2D eigenvalue weighted by atomic mass is 19.1. The van der Waals surface area contributed by atoms with Gasteiger partial charge in [0.2, 0.25) is 11.8 Å². The number of halogens is 2. The summed E-state index contributed by atoms with van der Waals surface area (Å²) in [4.78, 5) is 24.8. The molecule has 1 heterocycles. The Morgan fingerprint density at radius 2 is 1.95 bits per heavy atom. The van der Waals surface area contributed by atoms with E-state index in [1.807, 2.05) is 13.8 Å². The molecule has 0 aliphatic carbocycles. The van der Waals surface area contributed by atoms with Crippen LogP contribution in [-0.2, 0) is 9.59 Å². The van der Waals surface area contributed by atoms with Crippen LogP contribution < -0.4 is 10.2 Å². The Hall–Kier alpha value is -1.98. The first-order valence-electron chi connectivity index (χ1n) is 6.45. The summed E-state index contributed by atoms with van der Waals surface area (Å²) in [6.45, 7) is 3.61. The second-order valence-electron chi connectivity index (χ2n) is 5.14. The molecule has 0 radical (unpaired) electrons. The van der Waals surface area contributed by atoms with E-state index in [1.165, 1.54) is 6.07 Å². The number of carbonyl (C=O) groups excluding carboxylic acids is 2. The highest BCUT2D eigenvalue weighted by Crippen LogP contribution is 2.29. The SMILES string of the molecule is CC(C)NC(=O)C1CC(=O)N(c2c(F)cccc2F)C1. The van der Waals surface area contributed by atoms with Crippen LogP contribution in [0.5, 0.6) is 0 Å². The highest BCUT2D eigenvalue weighted by molar-refractivity contribution is 6.00. The lowest BCUT2D eigenvalue weighted by atomic mass is 10.1. The molecule has 2 amide bonds. The van der Waals surface area contributed by atoms with Crippen LogP contribution in [0.4, 0.5) is 14.5 Å². The van der Waals surface area contributed by atoms with Crippen molar-refractivity contribution in [2.45, 2.75) is 26.3 Å². The monoisotopic (exact) mass is 282 g/mol. The fraction of sp³-hybridized carbons (Fsp3) is 0.429. The number of nitrogens with one attached hydrogen (secondary N) is 1. The Bertz CT molecular complexity index is 526. The lowest BCUT2D eigenvalue weighted by molar-refractivity contribution is -0.126. The third-order valence-corrected chi connectivity index (χ3v) is 3.13. The molecule has 2 rings (SSSR count). The van der Waals surface area contributed by atoms with Gasteiger partial charge in [-0.3, -0.25) is 9.59 Å². The van der Waals surface area contributed by atoms with Crippen molar-refractivity contribution in [2.24, 2.45) is 5.92 Å². The van der Waals surface area contributed by atoms with Gasteiger partial charge in [-0.15, -0.1) is 0 Å². The number of amides is 2. The fourth-order valence-electron chi connectivity index (χ4n) is 2.25. The number of benzene rings is 1. The molecule has 1 unspecified atom stereocenters. The summed E-state index contributed by atoms with van der Waals surface area (Å²) in [5.74, 6) is -2.90. The molecule has 0 saturated carbocycles. The van der Waals surface area contributed by atoms with Crippen LogP contribution >= 0.6 is 0 Å². The van der Waals surface area contributed by atoms with Crippen LogP contribution in [-0.4, -0.2) is 24.4 Å². The average molecular weight is 282 g/mol. The van der Waals surface area contributed by atoms with E-state index in [0.29, 0.717) is 0 Å². The third-order valence-electron chi connectivity index (χ3n) is 3.13. The van der Waals surface area contributed by atoms with Crippen LogP contribution in [0.2, 0.25) is 0 Å². The summed E-state index contributed by atoms with van der Waals surface area (Å²) < 4.78 is 27.4. The van der Waals surface area contributed by atoms with E-state index >= 15 is 0 Å². The van der Waals surface area contributed by atoms with Crippen molar-refractivity contribution in [3.63, 3.8) is 0 Å². The van der Waals surface area contributed by atoms with Gasteiger partial charge in [0.15, 0.2) is 0 Å². The minimum atomic E-state index is -0.803. The molecule has 20 heavy (non-hydrogen) atoms. The number of hydrogen-bond acceptors (Lipinski definition) is 2. The molecule has 1 atom stereocenters. The zero-order valence-corrected chi connectivity index (χ0v) is 11.3. The molecule has 1 saturated heterocycles. The molecule has 1 aliphatic rings. The predicted molar refractivity (Wildman–Crippen MR) is 70.1 cm³/mol. The second-order valence-corrected chi connectivity index (χ2v) is 5.14. The molecule has 1 aromatic rings. The minimum absolute atomic E-state index is 0.00472. The lowest BCUT2D eigenvalue weighted by Crippen LogP contribution is -2.37. The van der Waals surface area contributed by atoms with Gasteiger partial charge < -0.3 is 10.2 Å². The van der Waals surface area contributed by atoms with Gasteiger partial charge >= 0.3 is 0 Å². The van der Waals surface area contributed by atoms with Crippen molar-refractivity contribution in [1.29, 1.82) is 0 Å². The quantitative estimate of drug-likeness (QED) is 0.919. The van der Waals surface area contributed by atoms with Gasteiger partial charge in [0, 0.05) is 19.0 Å². The summed E-state index contributed by atoms with van der Waals surface area (Å²) >= 11 is 0. The minimum Gasteiger partial charge on any atom is -0.354 e. The van der Waals surface area contributed by atoms with Crippen molar-refractivity contribution in [2.75, 3.05) is 11.4 Å². The lowest BCUT2D eigenvalue weighted by Gasteiger charge is -2.18. The first-order chi connectivity index (χ1) is 9.40. The number of nitrogens with zero attached hydrogens (tertiary/aromatic N) is 1. The predicted octanol–water partition coefficient (Wildman–Crippen LogP) is 1.84. The van der Waals surface area contributed by atoms with E-state index < -0.39 is 23.5 Å². The molecule has 0 aromatic heterocycles. The Morgan fingerprint density at radius 3 is 2.50 bits per heavy atom. The standard InChI is InChI=1S/C14H16F2N2O2/c1-8(2)17-14(20)9-6-12(19)18(7-9)13-10(15)4-3-5-11(13)16/h3-5,8-9H,6-7H2,1-2H3,(H,17,20). The Morgan fingerprint density at radius 1 is 1.35 bits per heavy atom. The van der Waals surface area contributed by atoms with E-state index in [-0.39, 0.29) is 30.6 Å². The summed E-state index contributed by atoms with van der Waals surface area (Å²) in [7, 11) is 0. The van der Waals surface area contributed by atoms with Gasteiger partial charge in [-0.05, 0) is 26.0 Å². The van der Waals surface area contributed by atoms with Crippen LogP contribution in [0.1, 0.15) is 20.3 Å². The van der Waals surface area contributed by atoms with Crippen molar-refractivity contribution in [1.82, 2.24) is 5.32 Å². The van der Waals surface area contributed by atoms with Gasteiger partial charge in [-0.25, -0.2) is 8.78 Å². The Kier molecular flexibility index (Phi) is 4.01.